The van der Waals surface area contributed by atoms with E-state index >= 15 is 0 Å². The Morgan fingerprint density at radius 2 is 1.23 bits per heavy atom. The van der Waals surface area contributed by atoms with Crippen LogP contribution in [0.1, 0.15) is 31.8 Å². The Morgan fingerprint density at radius 1 is 0.568 bits per heavy atom. The summed E-state index contributed by atoms with van der Waals surface area (Å²) in [4.78, 5) is 14.6. The summed E-state index contributed by atoms with van der Waals surface area (Å²) in [6.45, 7) is 4.36. The lowest BCUT2D eigenvalue weighted by Gasteiger charge is -2.24. The first kappa shape index (κ1) is 20.3. The van der Waals surface area contributed by atoms with Crippen LogP contribution in [0.4, 0.5) is 0 Å². The smallest absolute Gasteiger partial charge is 0.164 e. The van der Waals surface area contributed by atoms with Crippen molar-refractivity contribution in [1.29, 1.82) is 0 Å². The minimum Gasteiger partial charge on any atom is -0.456 e. The molecular formula is C40H27N3O. The van der Waals surface area contributed by atoms with Crippen molar-refractivity contribution in [3.8, 4) is 45.3 Å². The molecule has 1 aliphatic rings. The molecule has 44 heavy (non-hydrogen) atoms. The number of hydrogen-bond acceptors (Lipinski definition) is 4. The molecular weight excluding hydrogens is 538 g/mol. The second-order valence-corrected chi connectivity index (χ2v) is 11.7. The van der Waals surface area contributed by atoms with Gasteiger partial charge in [-0.2, -0.15) is 0 Å². The first-order valence-electron chi connectivity index (χ1n) is 17.0. The maximum atomic E-state index is 8.74. The molecule has 0 atom stereocenters. The van der Waals surface area contributed by atoms with Crippen molar-refractivity contribution in [2.45, 2.75) is 19.3 Å². The van der Waals surface area contributed by atoms with Crippen LogP contribution in [0.25, 0.3) is 78.0 Å². The Kier molecular flexibility index (Phi) is 4.25. The highest BCUT2D eigenvalue weighted by Crippen LogP contribution is 2.51. The van der Waals surface area contributed by atoms with Gasteiger partial charge >= 0.3 is 0 Å². The van der Waals surface area contributed by atoms with Gasteiger partial charge in [-0.1, -0.05) is 117 Å². The quantitative estimate of drug-likeness (QED) is 0.212. The van der Waals surface area contributed by atoms with E-state index in [9.17, 15) is 0 Å². The number of aromatic nitrogens is 3. The molecule has 6 aromatic carbocycles. The number of hydrogen-bond donors (Lipinski definition) is 0. The van der Waals surface area contributed by atoms with Crippen LogP contribution in [-0.2, 0) is 5.41 Å². The summed E-state index contributed by atoms with van der Waals surface area (Å²) in [5.74, 6) is 0.643. The van der Waals surface area contributed by atoms with Gasteiger partial charge in [-0.05, 0) is 57.3 Å². The van der Waals surface area contributed by atoms with Gasteiger partial charge in [0, 0.05) is 32.9 Å². The van der Waals surface area contributed by atoms with E-state index in [1.165, 1.54) is 5.56 Å². The second kappa shape index (κ2) is 9.19. The predicted molar refractivity (Wildman–Crippen MR) is 178 cm³/mol. The first-order valence-corrected chi connectivity index (χ1v) is 14.5. The third kappa shape index (κ3) is 3.67. The SMILES string of the molecule is [2H]c1c([2H])c([2H])c(-c2nc(-c3ccc4c(c3)oc3cc5ccccc5cc34)nc(-c3cccc4c3C(C)(C)c3ccccc3-4)n2)c([2H])c1[2H]. The van der Waals surface area contributed by atoms with Gasteiger partial charge in [0.25, 0.3) is 0 Å². The molecule has 0 fully saturated rings. The van der Waals surface area contributed by atoms with Crippen LogP contribution in [0.5, 0.6) is 0 Å². The minimum absolute atomic E-state index is 0.00104. The number of fused-ring (bicyclic) bond motifs is 7. The van der Waals surface area contributed by atoms with E-state index < -0.39 is 18.1 Å². The van der Waals surface area contributed by atoms with Crippen molar-refractivity contribution < 1.29 is 11.3 Å². The Hall–Kier alpha value is -5.61. The molecule has 4 heteroatoms. The van der Waals surface area contributed by atoms with E-state index in [2.05, 4.69) is 50.2 Å². The highest BCUT2D eigenvalue weighted by atomic mass is 16.3. The van der Waals surface area contributed by atoms with E-state index in [0.29, 0.717) is 22.8 Å². The normalized spacial score (nSPS) is 15.0. The van der Waals surface area contributed by atoms with Crippen LogP contribution < -0.4 is 0 Å². The fourth-order valence-electron chi connectivity index (χ4n) is 6.73. The van der Waals surface area contributed by atoms with Crippen LogP contribution >= 0.6 is 0 Å². The predicted octanol–water partition coefficient (Wildman–Crippen LogP) is 10.2. The van der Waals surface area contributed by atoms with Gasteiger partial charge in [0.05, 0.1) is 6.85 Å². The van der Waals surface area contributed by atoms with Crippen molar-refractivity contribution in [3.05, 3.63) is 138 Å². The van der Waals surface area contributed by atoms with Crippen LogP contribution in [0, 0.1) is 0 Å². The van der Waals surface area contributed by atoms with E-state index in [4.69, 9.17) is 26.2 Å². The molecule has 0 radical (unpaired) electrons. The maximum Gasteiger partial charge on any atom is 0.164 e. The average molecular weight is 571 g/mol. The third-order valence-electron chi connectivity index (χ3n) is 8.78. The van der Waals surface area contributed by atoms with Crippen molar-refractivity contribution >= 4 is 32.7 Å². The fourth-order valence-corrected chi connectivity index (χ4v) is 6.73. The van der Waals surface area contributed by atoms with Gasteiger partial charge in [-0.25, -0.2) is 15.0 Å². The molecule has 0 amide bonds. The van der Waals surface area contributed by atoms with Crippen molar-refractivity contribution in [3.63, 3.8) is 0 Å². The van der Waals surface area contributed by atoms with Crippen LogP contribution in [0.2, 0.25) is 0 Å². The van der Waals surface area contributed by atoms with E-state index in [1.807, 2.05) is 60.7 Å². The minimum atomic E-state index is -0.475. The molecule has 0 saturated heterocycles. The zero-order valence-electron chi connectivity index (χ0n) is 29.0. The first-order chi connectivity index (χ1) is 23.6. The lowest BCUT2D eigenvalue weighted by Crippen LogP contribution is -2.17. The van der Waals surface area contributed by atoms with Crippen LogP contribution in [0.15, 0.2) is 132 Å². The Labute approximate surface area is 261 Å². The number of nitrogens with zero attached hydrogens (tertiary/aromatic N) is 3. The van der Waals surface area contributed by atoms with E-state index in [1.54, 1.807) is 0 Å². The van der Waals surface area contributed by atoms with Gasteiger partial charge in [0.2, 0.25) is 0 Å². The molecule has 0 aliphatic heterocycles. The molecule has 9 rings (SSSR count). The third-order valence-corrected chi connectivity index (χ3v) is 8.78. The summed E-state index contributed by atoms with van der Waals surface area (Å²) in [6.07, 6.45) is 0. The summed E-state index contributed by atoms with van der Waals surface area (Å²) < 4.78 is 48.7. The van der Waals surface area contributed by atoms with Gasteiger partial charge in [-0.15, -0.1) is 0 Å². The molecule has 2 aromatic heterocycles. The molecule has 0 bridgehead atoms. The second-order valence-electron chi connectivity index (χ2n) is 11.7. The molecule has 208 valence electrons. The maximum absolute atomic E-state index is 8.74. The Bertz CT molecular complexity index is 2690. The van der Waals surface area contributed by atoms with Crippen LogP contribution in [-0.4, -0.2) is 15.0 Å². The van der Waals surface area contributed by atoms with Crippen LogP contribution in [0.3, 0.4) is 0 Å². The van der Waals surface area contributed by atoms with Gasteiger partial charge in [-0.3, -0.25) is 0 Å². The largest absolute Gasteiger partial charge is 0.456 e. The summed E-state index contributed by atoms with van der Waals surface area (Å²) >= 11 is 0. The molecule has 8 aromatic rings. The molecule has 0 saturated carbocycles. The van der Waals surface area contributed by atoms with Gasteiger partial charge in [0.15, 0.2) is 17.5 Å². The zero-order chi connectivity index (χ0) is 33.8. The summed E-state index contributed by atoms with van der Waals surface area (Å²) in [5.41, 5.74) is 6.88. The van der Waals surface area contributed by atoms with Crippen molar-refractivity contribution in [2.75, 3.05) is 0 Å². The number of rotatable bonds is 3. The monoisotopic (exact) mass is 570 g/mol. The van der Waals surface area contributed by atoms with Gasteiger partial charge < -0.3 is 4.42 Å². The lowest BCUT2D eigenvalue weighted by molar-refractivity contribution is 0.661. The summed E-state index contributed by atoms with van der Waals surface area (Å²) in [5, 5.41) is 4.15. The molecule has 4 nitrogen and oxygen atoms in total. The summed E-state index contributed by atoms with van der Waals surface area (Å²) in [6, 6.07) is 30.4. The summed E-state index contributed by atoms with van der Waals surface area (Å²) in [7, 11) is 0. The van der Waals surface area contributed by atoms with Crippen molar-refractivity contribution in [2.24, 2.45) is 0 Å². The highest BCUT2D eigenvalue weighted by Gasteiger charge is 2.38. The standard InChI is InChI=1S/C40H27N3O/c1-40(2)33-18-9-8-15-28(33)30-16-10-17-31(36(30)40)39-42-37(24-11-4-3-5-12-24)41-38(43-39)27-19-20-29-32-21-25-13-6-7-14-26(25)22-35(32)44-34(29)23-27/h3-23H,1-2H3/i3D,4D,5D,11D,12D. The fraction of sp³-hybridized carbons (Fsp3) is 0.0750. The topological polar surface area (TPSA) is 51.8 Å². The Morgan fingerprint density at radius 3 is 2.07 bits per heavy atom. The van der Waals surface area contributed by atoms with Gasteiger partial charge in [0.1, 0.15) is 11.2 Å². The molecule has 1 aliphatic carbocycles. The molecule has 0 unspecified atom stereocenters. The van der Waals surface area contributed by atoms with E-state index in [-0.39, 0.29) is 28.9 Å². The molecule has 0 spiro atoms. The van der Waals surface area contributed by atoms with Crippen molar-refractivity contribution in [1.82, 2.24) is 15.0 Å². The average Bonchev–Trinajstić information content (AvgIpc) is 3.59. The molecule has 2 heterocycles. The number of furan rings is 1. The number of benzene rings is 6. The van der Waals surface area contributed by atoms with E-state index in [0.717, 1.165) is 49.4 Å². The highest BCUT2D eigenvalue weighted by molar-refractivity contribution is 6.10. The Balaban J connectivity index is 1.30. The zero-order valence-corrected chi connectivity index (χ0v) is 24.0. The molecule has 0 N–H and O–H groups in total. The lowest BCUT2D eigenvalue weighted by atomic mass is 9.80.